The Hall–Kier alpha value is -0.260. The van der Waals surface area contributed by atoms with E-state index >= 15 is 0 Å². The second-order valence-corrected chi connectivity index (χ2v) is 9.28. The van der Waals surface area contributed by atoms with Gasteiger partial charge in [-0.25, -0.2) is 0 Å². The summed E-state index contributed by atoms with van der Waals surface area (Å²) in [4.78, 5) is 0. The Morgan fingerprint density at radius 3 is 2.55 bits per heavy atom. The molecule has 2 rings (SSSR count). The lowest BCUT2D eigenvalue weighted by Crippen LogP contribution is -2.40. The van der Waals surface area contributed by atoms with Crippen molar-refractivity contribution in [3.05, 3.63) is 12.2 Å². The zero-order valence-electron chi connectivity index (χ0n) is 16.0. The molecule has 0 aromatic heterocycles. The highest BCUT2D eigenvalue weighted by molar-refractivity contribution is 4.99. The normalized spacial score (nSPS) is 36.4. The first-order chi connectivity index (χ1) is 10.4. The lowest BCUT2D eigenvalue weighted by molar-refractivity contribution is 0.0119. The van der Waals surface area contributed by atoms with Crippen molar-refractivity contribution in [2.45, 2.75) is 92.4 Å². The molecule has 128 valence electrons. The average Bonchev–Trinajstić information content (AvgIpc) is 2.84. The van der Waals surface area contributed by atoms with Crippen molar-refractivity contribution in [1.29, 1.82) is 0 Å². The number of hydrogen-bond donors (Lipinski definition) is 0. The Labute approximate surface area is 140 Å². The van der Waals surface area contributed by atoms with Crippen LogP contribution in [0.1, 0.15) is 92.4 Å². The molecule has 2 fully saturated rings. The molecule has 0 aromatic carbocycles. The molecule has 0 amide bonds. The van der Waals surface area contributed by atoms with Crippen LogP contribution in [0.25, 0.3) is 0 Å². The third-order valence-corrected chi connectivity index (χ3v) is 7.25. The molecule has 2 aliphatic carbocycles. The van der Waals surface area contributed by atoms with Crippen LogP contribution in [0.4, 0.5) is 0 Å². The molecule has 0 heteroatoms. The van der Waals surface area contributed by atoms with Gasteiger partial charge in [0.25, 0.3) is 0 Å². The molecule has 0 aliphatic heterocycles. The van der Waals surface area contributed by atoms with Crippen molar-refractivity contribution in [2.75, 3.05) is 0 Å². The minimum Gasteiger partial charge on any atom is -0.100 e. The highest BCUT2D eigenvalue weighted by Crippen LogP contribution is 2.58. The van der Waals surface area contributed by atoms with Crippen LogP contribution in [-0.4, -0.2) is 0 Å². The number of hydrogen-bond acceptors (Lipinski definition) is 0. The summed E-state index contributed by atoms with van der Waals surface area (Å²) >= 11 is 0. The first kappa shape index (κ1) is 18.1. The number of rotatable bonds is 7. The van der Waals surface area contributed by atoms with Gasteiger partial charge in [0, 0.05) is 0 Å². The van der Waals surface area contributed by atoms with Crippen LogP contribution in [0.3, 0.4) is 0 Å². The summed E-state index contributed by atoms with van der Waals surface area (Å²) in [6.45, 7) is 16.3. The van der Waals surface area contributed by atoms with E-state index in [9.17, 15) is 0 Å². The van der Waals surface area contributed by atoms with Crippen molar-refractivity contribution in [3.63, 3.8) is 0 Å². The summed E-state index contributed by atoms with van der Waals surface area (Å²) in [5.41, 5.74) is 2.06. The Morgan fingerprint density at radius 1 is 1.23 bits per heavy atom. The van der Waals surface area contributed by atoms with Crippen LogP contribution in [0.15, 0.2) is 12.2 Å². The Balaban J connectivity index is 2.04. The molecule has 0 N–H and O–H groups in total. The van der Waals surface area contributed by atoms with Crippen LogP contribution in [0, 0.1) is 35.0 Å². The molecule has 0 saturated heterocycles. The SMILES string of the molecule is C=C(C)CC(CC)CCC1C(C(C)C)CCC2(C)CCCC12. The molecule has 2 aliphatic rings. The summed E-state index contributed by atoms with van der Waals surface area (Å²) in [5, 5.41) is 0. The van der Waals surface area contributed by atoms with Gasteiger partial charge >= 0.3 is 0 Å². The molecule has 0 spiro atoms. The maximum Gasteiger partial charge on any atom is -0.0295 e. The van der Waals surface area contributed by atoms with Gasteiger partial charge in [-0.15, -0.1) is 6.58 Å². The minimum absolute atomic E-state index is 0.687. The van der Waals surface area contributed by atoms with Gasteiger partial charge < -0.3 is 0 Å². The van der Waals surface area contributed by atoms with Crippen molar-refractivity contribution >= 4 is 0 Å². The fourth-order valence-electron chi connectivity index (χ4n) is 5.92. The van der Waals surface area contributed by atoms with Crippen molar-refractivity contribution < 1.29 is 0 Å². The Bertz CT molecular complexity index is 366. The highest BCUT2D eigenvalue weighted by Gasteiger charge is 2.48. The molecule has 0 bridgehead atoms. The van der Waals surface area contributed by atoms with Crippen molar-refractivity contribution in [1.82, 2.24) is 0 Å². The van der Waals surface area contributed by atoms with Gasteiger partial charge in [0.15, 0.2) is 0 Å². The smallest absolute Gasteiger partial charge is 0.0295 e. The van der Waals surface area contributed by atoms with Crippen LogP contribution < -0.4 is 0 Å². The van der Waals surface area contributed by atoms with E-state index in [0.717, 1.165) is 29.6 Å². The lowest BCUT2D eigenvalue weighted by atomic mass is 9.57. The molecule has 5 atom stereocenters. The van der Waals surface area contributed by atoms with Gasteiger partial charge in [0.05, 0.1) is 0 Å². The van der Waals surface area contributed by atoms with E-state index in [1.165, 1.54) is 63.4 Å². The zero-order chi connectivity index (χ0) is 16.3. The molecular formula is C22H40. The Morgan fingerprint density at radius 2 is 1.95 bits per heavy atom. The number of allylic oxidation sites excluding steroid dienone is 1. The monoisotopic (exact) mass is 304 g/mol. The minimum atomic E-state index is 0.687. The lowest BCUT2D eigenvalue weighted by Gasteiger charge is -2.48. The van der Waals surface area contributed by atoms with E-state index in [1.807, 2.05) is 0 Å². The fraction of sp³-hybridized carbons (Fsp3) is 0.909. The van der Waals surface area contributed by atoms with Gasteiger partial charge in [-0.2, -0.15) is 0 Å². The summed E-state index contributed by atoms with van der Waals surface area (Å²) in [6.07, 6.45) is 13.0. The van der Waals surface area contributed by atoms with Gasteiger partial charge in [0.2, 0.25) is 0 Å². The number of fused-ring (bicyclic) bond motifs is 1. The zero-order valence-corrected chi connectivity index (χ0v) is 16.0. The largest absolute Gasteiger partial charge is 0.100 e. The predicted octanol–water partition coefficient (Wildman–Crippen LogP) is 7.25. The summed E-state index contributed by atoms with van der Waals surface area (Å²) in [5.74, 6) is 4.76. The second kappa shape index (κ2) is 7.54. The molecular weight excluding hydrogens is 264 g/mol. The standard InChI is InChI=1S/C22H40/c1-7-18(15-16(2)3)10-11-20-19(17(4)5)12-14-22(6)13-8-9-21(20)22/h17-21H,2,7-15H2,1,3-6H3. The summed E-state index contributed by atoms with van der Waals surface area (Å²) < 4.78 is 0. The Kier molecular flexibility index (Phi) is 6.20. The second-order valence-electron chi connectivity index (χ2n) is 9.28. The van der Waals surface area contributed by atoms with Crippen LogP contribution >= 0.6 is 0 Å². The molecule has 0 radical (unpaired) electrons. The third-order valence-electron chi connectivity index (χ3n) is 7.25. The van der Waals surface area contributed by atoms with Crippen LogP contribution in [0.2, 0.25) is 0 Å². The molecule has 0 aromatic rings. The van der Waals surface area contributed by atoms with E-state index in [-0.39, 0.29) is 0 Å². The van der Waals surface area contributed by atoms with E-state index in [4.69, 9.17) is 0 Å². The van der Waals surface area contributed by atoms with Crippen molar-refractivity contribution in [2.24, 2.45) is 35.0 Å². The van der Waals surface area contributed by atoms with Gasteiger partial charge in [-0.1, -0.05) is 46.1 Å². The van der Waals surface area contributed by atoms with Crippen molar-refractivity contribution in [3.8, 4) is 0 Å². The maximum absolute atomic E-state index is 4.15. The maximum atomic E-state index is 4.15. The van der Waals surface area contributed by atoms with E-state index in [1.54, 1.807) is 0 Å². The predicted molar refractivity (Wildman–Crippen MR) is 98.9 cm³/mol. The van der Waals surface area contributed by atoms with Gasteiger partial charge in [-0.3, -0.25) is 0 Å². The van der Waals surface area contributed by atoms with E-state index in [2.05, 4.69) is 41.2 Å². The topological polar surface area (TPSA) is 0 Å². The molecule has 0 nitrogen and oxygen atoms in total. The third kappa shape index (κ3) is 3.98. The molecule has 2 saturated carbocycles. The first-order valence-electron chi connectivity index (χ1n) is 10.0. The molecule has 5 unspecified atom stereocenters. The quantitative estimate of drug-likeness (QED) is 0.434. The van der Waals surface area contributed by atoms with Crippen LogP contribution in [-0.2, 0) is 0 Å². The van der Waals surface area contributed by atoms with Gasteiger partial charge in [-0.05, 0) is 86.9 Å². The highest BCUT2D eigenvalue weighted by atomic mass is 14.5. The first-order valence-corrected chi connectivity index (χ1v) is 10.0. The van der Waals surface area contributed by atoms with E-state index in [0.29, 0.717) is 5.41 Å². The summed E-state index contributed by atoms with van der Waals surface area (Å²) in [6, 6.07) is 0. The molecule has 0 heterocycles. The van der Waals surface area contributed by atoms with Crippen LogP contribution in [0.5, 0.6) is 0 Å². The fourth-order valence-corrected chi connectivity index (χ4v) is 5.92. The van der Waals surface area contributed by atoms with E-state index < -0.39 is 0 Å². The summed E-state index contributed by atoms with van der Waals surface area (Å²) in [7, 11) is 0. The van der Waals surface area contributed by atoms with Gasteiger partial charge in [0.1, 0.15) is 0 Å². The molecule has 22 heavy (non-hydrogen) atoms. The average molecular weight is 305 g/mol.